The Kier molecular flexibility index (Phi) is 8.62. The highest BCUT2D eigenvalue weighted by atomic mass is 28.4. The number of aromatic nitrogens is 2. The normalized spacial score (nSPS) is 14.8. The Morgan fingerprint density at radius 1 is 1.24 bits per heavy atom. The highest BCUT2D eigenvalue weighted by Crippen LogP contribution is 2.39. The van der Waals surface area contributed by atoms with Crippen molar-refractivity contribution in [2.24, 2.45) is 0 Å². The minimum Gasteiger partial charge on any atom is -0.543 e. The molecule has 0 atom stereocenters. The Balaban J connectivity index is 2.12. The number of hydrogen-bond donors (Lipinski definition) is 1. The van der Waals surface area contributed by atoms with Gasteiger partial charge in [-0.15, -0.1) is 0 Å². The lowest BCUT2D eigenvalue weighted by Gasteiger charge is -2.37. The molecule has 37 heavy (non-hydrogen) atoms. The van der Waals surface area contributed by atoms with E-state index in [4.69, 9.17) is 19.6 Å². The number of anilines is 2. The smallest absolute Gasteiger partial charge is 0.415 e. The standard InChI is InChI=1S/C25H37N5O6Si/c1-7-34-24(31)29-16-17-12-13-19(36-37(5,6)25(2,3)4)18(15-17)11-9-8-10-14-35-23-27-21(26)20(30(32)33)22(29)28-23/h12-13,15H,7-11,14,16H2,1-6H3,(H2,26,27,28). The van der Waals surface area contributed by atoms with Gasteiger partial charge in [-0.1, -0.05) is 32.9 Å². The van der Waals surface area contributed by atoms with Gasteiger partial charge < -0.3 is 19.6 Å². The largest absolute Gasteiger partial charge is 0.543 e. The van der Waals surface area contributed by atoms with Crippen molar-refractivity contribution in [1.82, 2.24) is 9.97 Å². The molecule has 0 unspecified atom stereocenters. The van der Waals surface area contributed by atoms with Crippen molar-refractivity contribution in [1.29, 1.82) is 0 Å². The zero-order valence-electron chi connectivity index (χ0n) is 22.5. The number of nitrogens with zero attached hydrogens (tertiary/aromatic N) is 4. The van der Waals surface area contributed by atoms with Crippen LogP contribution in [0.2, 0.25) is 18.1 Å². The molecule has 1 aliphatic rings. The van der Waals surface area contributed by atoms with Crippen molar-refractivity contribution < 1.29 is 23.6 Å². The van der Waals surface area contributed by atoms with E-state index in [9.17, 15) is 14.9 Å². The van der Waals surface area contributed by atoms with Crippen LogP contribution in [0.25, 0.3) is 0 Å². The maximum absolute atomic E-state index is 13.0. The van der Waals surface area contributed by atoms with Crippen LogP contribution in [0.3, 0.4) is 0 Å². The monoisotopic (exact) mass is 531 g/mol. The molecule has 4 bridgehead atoms. The van der Waals surface area contributed by atoms with Gasteiger partial charge in [0.2, 0.25) is 20.0 Å². The summed E-state index contributed by atoms with van der Waals surface area (Å²) in [5.74, 6) is 0.178. The molecule has 12 heteroatoms. The molecule has 0 aliphatic carbocycles. The fourth-order valence-corrected chi connectivity index (χ4v) is 4.74. The quantitative estimate of drug-likeness (QED) is 0.302. The fraction of sp³-hybridized carbons (Fsp3) is 0.560. The van der Waals surface area contributed by atoms with Crippen molar-refractivity contribution in [3.05, 3.63) is 39.4 Å². The number of hydrogen-bond acceptors (Lipinski definition) is 9. The molecule has 2 heterocycles. The van der Waals surface area contributed by atoms with Crippen molar-refractivity contribution in [2.75, 3.05) is 23.8 Å². The van der Waals surface area contributed by atoms with Gasteiger partial charge in [0.25, 0.3) is 0 Å². The molecule has 0 radical (unpaired) electrons. The molecule has 0 saturated heterocycles. The number of nitrogen functional groups attached to an aromatic ring is 1. The van der Waals surface area contributed by atoms with Crippen molar-refractivity contribution in [3.63, 3.8) is 0 Å². The number of fused-ring (bicyclic) bond motifs is 4. The maximum atomic E-state index is 13.0. The molecule has 1 amide bonds. The summed E-state index contributed by atoms with van der Waals surface area (Å²) < 4.78 is 17.5. The molecule has 1 aliphatic heterocycles. The van der Waals surface area contributed by atoms with Gasteiger partial charge in [-0.05, 0) is 67.9 Å². The van der Waals surface area contributed by atoms with Gasteiger partial charge in [0.15, 0.2) is 0 Å². The van der Waals surface area contributed by atoms with Crippen molar-refractivity contribution >= 4 is 31.7 Å². The summed E-state index contributed by atoms with van der Waals surface area (Å²) in [5.41, 5.74) is 7.12. The average molecular weight is 532 g/mol. The van der Waals surface area contributed by atoms with Crippen LogP contribution < -0.4 is 19.8 Å². The summed E-state index contributed by atoms with van der Waals surface area (Å²) in [7, 11) is -2.09. The topological polar surface area (TPSA) is 143 Å². The number of aryl methyl sites for hydroxylation is 1. The molecule has 1 aromatic heterocycles. The predicted molar refractivity (Wildman–Crippen MR) is 144 cm³/mol. The average Bonchev–Trinajstić information content (AvgIpc) is 2.79. The van der Waals surface area contributed by atoms with Crippen LogP contribution in [-0.2, 0) is 17.7 Å². The third kappa shape index (κ3) is 6.67. The lowest BCUT2D eigenvalue weighted by atomic mass is 10.0. The van der Waals surface area contributed by atoms with Crippen LogP contribution in [0, 0.1) is 10.1 Å². The first-order valence-corrected chi connectivity index (χ1v) is 15.4. The Morgan fingerprint density at radius 3 is 2.62 bits per heavy atom. The van der Waals surface area contributed by atoms with Gasteiger partial charge in [0.05, 0.1) is 24.7 Å². The van der Waals surface area contributed by atoms with Crippen molar-refractivity contribution in [3.8, 4) is 11.8 Å². The van der Waals surface area contributed by atoms with Gasteiger partial charge >= 0.3 is 17.8 Å². The minimum atomic E-state index is -2.09. The maximum Gasteiger partial charge on any atom is 0.415 e. The first-order chi connectivity index (χ1) is 17.3. The number of amides is 1. The summed E-state index contributed by atoms with van der Waals surface area (Å²) >= 11 is 0. The lowest BCUT2D eigenvalue weighted by molar-refractivity contribution is -0.383. The van der Waals surface area contributed by atoms with E-state index >= 15 is 0 Å². The lowest BCUT2D eigenvalue weighted by Crippen LogP contribution is -2.44. The highest BCUT2D eigenvalue weighted by molar-refractivity contribution is 6.74. The van der Waals surface area contributed by atoms with E-state index in [1.807, 2.05) is 18.2 Å². The second kappa shape index (κ2) is 11.3. The van der Waals surface area contributed by atoms with E-state index in [0.29, 0.717) is 6.61 Å². The molecule has 1 aromatic carbocycles. The van der Waals surface area contributed by atoms with Crippen LogP contribution >= 0.6 is 0 Å². The Morgan fingerprint density at radius 2 is 1.97 bits per heavy atom. The molecule has 0 saturated carbocycles. The van der Waals surface area contributed by atoms with E-state index in [0.717, 1.165) is 47.5 Å². The van der Waals surface area contributed by atoms with Gasteiger partial charge in [-0.3, -0.25) is 15.0 Å². The van der Waals surface area contributed by atoms with Crippen LogP contribution in [0.5, 0.6) is 11.8 Å². The summed E-state index contributed by atoms with van der Waals surface area (Å²) in [6, 6.07) is 5.66. The molecule has 2 N–H and O–H groups in total. The third-order valence-electron chi connectivity index (χ3n) is 6.76. The Bertz CT molecular complexity index is 1150. The number of rotatable bonds is 4. The van der Waals surface area contributed by atoms with E-state index in [1.165, 1.54) is 0 Å². The molecule has 11 nitrogen and oxygen atoms in total. The zero-order chi connectivity index (χ0) is 27.4. The van der Waals surface area contributed by atoms with Gasteiger partial charge in [-0.25, -0.2) is 4.79 Å². The molecular weight excluding hydrogens is 494 g/mol. The van der Waals surface area contributed by atoms with Gasteiger partial charge in [0.1, 0.15) is 5.75 Å². The first kappa shape index (κ1) is 28.2. The van der Waals surface area contributed by atoms with Crippen LogP contribution in [0.1, 0.15) is 58.1 Å². The number of carbonyl (C=O) groups is 1. The second-order valence-electron chi connectivity index (χ2n) is 10.6. The predicted octanol–water partition coefficient (Wildman–Crippen LogP) is 5.62. The van der Waals surface area contributed by atoms with Gasteiger partial charge in [-0.2, -0.15) is 9.97 Å². The highest BCUT2D eigenvalue weighted by Gasteiger charge is 2.39. The SMILES string of the molecule is CCOC(=O)N1Cc2ccc(O[Si](C)(C)C(C)(C)C)c(c2)CCCCCOc2nc(N)c([N+](=O)[O-])c1n2. The molecule has 202 valence electrons. The molecular formula is C25H37N5O6Si. The number of nitrogens with two attached hydrogens (primary N) is 1. The Hall–Kier alpha value is -3.41. The Labute approximate surface area is 218 Å². The van der Waals surface area contributed by atoms with E-state index in [2.05, 4.69) is 43.8 Å². The number of nitro groups is 1. The molecule has 3 rings (SSSR count). The number of benzene rings is 1. The summed E-state index contributed by atoms with van der Waals surface area (Å²) in [6.45, 7) is 13.0. The van der Waals surface area contributed by atoms with Gasteiger partial charge in [0, 0.05) is 0 Å². The summed E-state index contributed by atoms with van der Waals surface area (Å²) in [4.78, 5) is 33.4. The van der Waals surface area contributed by atoms with Crippen LogP contribution in [0.4, 0.5) is 22.1 Å². The zero-order valence-corrected chi connectivity index (χ0v) is 23.5. The summed E-state index contributed by atoms with van der Waals surface area (Å²) in [5, 5.41) is 11.9. The number of ether oxygens (including phenoxy) is 2. The second-order valence-corrected chi connectivity index (χ2v) is 15.3. The van der Waals surface area contributed by atoms with E-state index in [1.54, 1.807) is 6.92 Å². The fourth-order valence-electron chi connectivity index (χ4n) is 3.69. The van der Waals surface area contributed by atoms with Crippen LogP contribution in [-0.4, -0.2) is 42.5 Å². The van der Waals surface area contributed by atoms with E-state index < -0.39 is 25.0 Å². The third-order valence-corrected chi connectivity index (χ3v) is 11.1. The molecule has 0 spiro atoms. The molecule has 2 aromatic rings. The van der Waals surface area contributed by atoms with Crippen LogP contribution in [0.15, 0.2) is 18.2 Å². The van der Waals surface area contributed by atoms with Crippen molar-refractivity contribution in [2.45, 2.75) is 78.1 Å². The summed E-state index contributed by atoms with van der Waals surface area (Å²) in [6.07, 6.45) is 2.54. The van der Waals surface area contributed by atoms with E-state index in [-0.39, 0.29) is 35.8 Å². The first-order valence-electron chi connectivity index (χ1n) is 12.5. The minimum absolute atomic E-state index is 0.0249. The number of carbonyl (C=O) groups excluding carboxylic acids is 1. The molecule has 0 fully saturated rings.